The molecule has 0 aliphatic heterocycles. The molecular formula is C20H24ClNO4. The molecule has 0 bridgehead atoms. The number of rotatable bonds is 9. The van der Waals surface area contributed by atoms with E-state index in [0.29, 0.717) is 29.7 Å². The van der Waals surface area contributed by atoms with Gasteiger partial charge in [-0.15, -0.1) is 0 Å². The number of hydrogen-bond acceptors (Lipinski definition) is 4. The number of carboxylic acid groups (broad SMARTS) is 1. The number of aliphatic carboxylic acids is 1. The maximum atomic E-state index is 11.3. The van der Waals surface area contributed by atoms with Gasteiger partial charge in [-0.25, -0.2) is 0 Å². The standard InChI is InChI=1S/C20H24ClNO4/c1-13(2)19(20(23)24)22-11-15-6-9-17(18(10-15)25-3)26-12-14-4-7-16(21)8-5-14/h4-10,13,19,22H,11-12H2,1-3H3,(H,23,24)/t19-/m1/s1. The minimum absolute atomic E-state index is 0.00335. The van der Waals surface area contributed by atoms with Crippen LogP contribution in [0.15, 0.2) is 42.5 Å². The number of ether oxygens (including phenoxy) is 2. The number of halogens is 1. The highest BCUT2D eigenvalue weighted by atomic mass is 35.5. The SMILES string of the molecule is COc1cc(CN[C@@H](C(=O)O)C(C)C)ccc1OCc1ccc(Cl)cc1. The summed E-state index contributed by atoms with van der Waals surface area (Å²) in [6.07, 6.45) is 0. The summed E-state index contributed by atoms with van der Waals surface area (Å²) in [5.74, 6) is 0.380. The molecule has 0 spiro atoms. The molecule has 0 heterocycles. The zero-order valence-electron chi connectivity index (χ0n) is 15.2. The summed E-state index contributed by atoms with van der Waals surface area (Å²) in [5.41, 5.74) is 1.93. The van der Waals surface area contributed by atoms with E-state index >= 15 is 0 Å². The lowest BCUT2D eigenvalue weighted by Crippen LogP contribution is -2.40. The first-order valence-electron chi connectivity index (χ1n) is 8.41. The molecule has 0 saturated carbocycles. The average Bonchev–Trinajstić information content (AvgIpc) is 2.61. The van der Waals surface area contributed by atoms with Crippen LogP contribution in [0.2, 0.25) is 5.02 Å². The van der Waals surface area contributed by atoms with Crippen LogP contribution in [0.3, 0.4) is 0 Å². The van der Waals surface area contributed by atoms with Gasteiger partial charge >= 0.3 is 5.97 Å². The van der Waals surface area contributed by atoms with Crippen LogP contribution >= 0.6 is 11.6 Å². The van der Waals surface area contributed by atoms with Crippen molar-refractivity contribution >= 4 is 17.6 Å². The molecule has 2 aromatic rings. The van der Waals surface area contributed by atoms with Gasteiger partial charge in [-0.1, -0.05) is 43.6 Å². The van der Waals surface area contributed by atoms with Gasteiger partial charge in [0.1, 0.15) is 12.6 Å². The van der Waals surface area contributed by atoms with E-state index in [1.807, 2.05) is 56.3 Å². The first kappa shape index (κ1) is 20.1. The summed E-state index contributed by atoms with van der Waals surface area (Å²) in [7, 11) is 1.58. The van der Waals surface area contributed by atoms with E-state index in [1.165, 1.54) is 0 Å². The van der Waals surface area contributed by atoms with Crippen LogP contribution in [-0.4, -0.2) is 24.2 Å². The number of carboxylic acids is 1. The normalized spacial score (nSPS) is 12.0. The number of benzene rings is 2. The van der Waals surface area contributed by atoms with Gasteiger partial charge in [0.15, 0.2) is 11.5 Å². The van der Waals surface area contributed by atoms with Gasteiger partial charge in [-0.3, -0.25) is 4.79 Å². The van der Waals surface area contributed by atoms with Crippen molar-refractivity contribution in [3.05, 3.63) is 58.6 Å². The fourth-order valence-electron chi connectivity index (χ4n) is 2.52. The second-order valence-electron chi connectivity index (χ2n) is 6.34. The van der Waals surface area contributed by atoms with Gasteiger partial charge in [-0.2, -0.15) is 0 Å². The molecule has 0 fully saturated rings. The van der Waals surface area contributed by atoms with E-state index in [4.69, 9.17) is 21.1 Å². The Balaban J connectivity index is 2.02. The monoisotopic (exact) mass is 377 g/mol. The van der Waals surface area contributed by atoms with Crippen LogP contribution < -0.4 is 14.8 Å². The summed E-state index contributed by atoms with van der Waals surface area (Å²) in [5, 5.41) is 13.0. The predicted molar refractivity (Wildman–Crippen MR) is 102 cm³/mol. The van der Waals surface area contributed by atoms with Gasteiger partial charge in [0.25, 0.3) is 0 Å². The molecule has 2 rings (SSSR count). The van der Waals surface area contributed by atoms with E-state index in [2.05, 4.69) is 5.32 Å². The third-order valence-electron chi connectivity index (χ3n) is 3.99. The number of carbonyl (C=O) groups is 1. The Morgan fingerprint density at radius 3 is 2.35 bits per heavy atom. The maximum Gasteiger partial charge on any atom is 0.320 e. The highest BCUT2D eigenvalue weighted by Crippen LogP contribution is 2.29. The Morgan fingerprint density at radius 1 is 1.12 bits per heavy atom. The number of hydrogen-bond donors (Lipinski definition) is 2. The minimum Gasteiger partial charge on any atom is -0.493 e. The predicted octanol–water partition coefficient (Wildman–Crippen LogP) is 4.13. The lowest BCUT2D eigenvalue weighted by molar-refractivity contribution is -0.140. The summed E-state index contributed by atoms with van der Waals surface area (Å²) < 4.78 is 11.2. The third kappa shape index (κ3) is 5.64. The molecule has 0 amide bonds. The van der Waals surface area contributed by atoms with Gasteiger partial charge in [0.05, 0.1) is 7.11 Å². The quantitative estimate of drug-likeness (QED) is 0.687. The molecule has 6 heteroatoms. The average molecular weight is 378 g/mol. The van der Waals surface area contributed by atoms with Crippen LogP contribution in [-0.2, 0) is 17.9 Å². The molecule has 0 unspecified atom stereocenters. The lowest BCUT2D eigenvalue weighted by Gasteiger charge is -2.18. The van der Waals surface area contributed by atoms with E-state index in [9.17, 15) is 9.90 Å². The van der Waals surface area contributed by atoms with Crippen LogP contribution in [0.25, 0.3) is 0 Å². The van der Waals surface area contributed by atoms with Crippen molar-refractivity contribution < 1.29 is 19.4 Å². The van der Waals surface area contributed by atoms with Crippen molar-refractivity contribution in [1.29, 1.82) is 0 Å². The zero-order valence-corrected chi connectivity index (χ0v) is 15.9. The highest BCUT2D eigenvalue weighted by Gasteiger charge is 2.20. The van der Waals surface area contributed by atoms with Crippen molar-refractivity contribution in [3.63, 3.8) is 0 Å². The summed E-state index contributed by atoms with van der Waals surface area (Å²) in [6.45, 7) is 4.59. The Morgan fingerprint density at radius 2 is 1.77 bits per heavy atom. The van der Waals surface area contributed by atoms with Crippen molar-refractivity contribution in [2.75, 3.05) is 7.11 Å². The summed E-state index contributed by atoms with van der Waals surface area (Å²) >= 11 is 5.88. The molecule has 2 aromatic carbocycles. The van der Waals surface area contributed by atoms with Gasteiger partial charge in [-0.05, 0) is 41.3 Å². The zero-order chi connectivity index (χ0) is 19.1. The first-order chi connectivity index (χ1) is 12.4. The molecule has 0 radical (unpaired) electrons. The third-order valence-corrected chi connectivity index (χ3v) is 4.25. The molecule has 0 aliphatic carbocycles. The number of methoxy groups -OCH3 is 1. The van der Waals surface area contributed by atoms with E-state index in [0.717, 1.165) is 11.1 Å². The smallest absolute Gasteiger partial charge is 0.320 e. The van der Waals surface area contributed by atoms with Crippen molar-refractivity contribution in [3.8, 4) is 11.5 Å². The van der Waals surface area contributed by atoms with E-state index in [1.54, 1.807) is 7.11 Å². The van der Waals surface area contributed by atoms with E-state index in [-0.39, 0.29) is 5.92 Å². The van der Waals surface area contributed by atoms with Crippen LogP contribution in [0, 0.1) is 5.92 Å². The van der Waals surface area contributed by atoms with Crippen molar-refractivity contribution in [1.82, 2.24) is 5.32 Å². The minimum atomic E-state index is -0.852. The van der Waals surface area contributed by atoms with Crippen molar-refractivity contribution in [2.45, 2.75) is 33.0 Å². The Hall–Kier alpha value is -2.24. The van der Waals surface area contributed by atoms with Crippen molar-refractivity contribution in [2.24, 2.45) is 5.92 Å². The van der Waals surface area contributed by atoms with Crippen LogP contribution in [0.1, 0.15) is 25.0 Å². The molecule has 140 valence electrons. The molecule has 0 saturated heterocycles. The van der Waals surface area contributed by atoms with Crippen LogP contribution in [0.4, 0.5) is 0 Å². The Bertz CT molecular complexity index is 731. The second-order valence-corrected chi connectivity index (χ2v) is 6.78. The van der Waals surface area contributed by atoms with E-state index < -0.39 is 12.0 Å². The second kappa shape index (κ2) is 9.46. The Labute approximate surface area is 158 Å². The molecule has 0 aromatic heterocycles. The van der Waals surface area contributed by atoms with Gasteiger partial charge in [0, 0.05) is 11.6 Å². The highest BCUT2D eigenvalue weighted by molar-refractivity contribution is 6.30. The summed E-state index contributed by atoms with van der Waals surface area (Å²) in [6, 6.07) is 12.4. The fourth-order valence-corrected chi connectivity index (χ4v) is 2.64. The first-order valence-corrected chi connectivity index (χ1v) is 8.79. The van der Waals surface area contributed by atoms with Crippen LogP contribution in [0.5, 0.6) is 11.5 Å². The lowest BCUT2D eigenvalue weighted by atomic mass is 10.0. The fraction of sp³-hybridized carbons (Fsp3) is 0.350. The molecule has 1 atom stereocenters. The molecule has 0 aliphatic rings. The van der Waals surface area contributed by atoms with Gasteiger partial charge < -0.3 is 19.9 Å². The topological polar surface area (TPSA) is 67.8 Å². The summed E-state index contributed by atoms with van der Waals surface area (Å²) in [4.78, 5) is 11.3. The molecular weight excluding hydrogens is 354 g/mol. The molecule has 2 N–H and O–H groups in total. The molecule has 5 nitrogen and oxygen atoms in total. The Kier molecular flexibility index (Phi) is 7.30. The largest absolute Gasteiger partial charge is 0.493 e. The number of nitrogens with one attached hydrogen (secondary N) is 1. The molecule has 26 heavy (non-hydrogen) atoms. The van der Waals surface area contributed by atoms with Gasteiger partial charge in [0.2, 0.25) is 0 Å². The maximum absolute atomic E-state index is 11.3.